The fraction of sp³-hybridized carbons (Fsp3) is 0.333. The van der Waals surface area contributed by atoms with Crippen LogP contribution >= 0.6 is 11.8 Å². The third-order valence-corrected chi connectivity index (χ3v) is 6.08. The molecule has 0 radical (unpaired) electrons. The summed E-state index contributed by atoms with van der Waals surface area (Å²) in [5.41, 5.74) is -1.57. The van der Waals surface area contributed by atoms with Crippen LogP contribution in [0, 0.1) is 22.5 Å². The molecule has 0 spiro atoms. The molecule has 0 bridgehead atoms. The summed E-state index contributed by atoms with van der Waals surface area (Å²) in [7, 11) is 1.58. The number of carbonyl (C=O) groups is 1. The second kappa shape index (κ2) is 10.2. The number of aromatic amines is 1. The van der Waals surface area contributed by atoms with Crippen molar-refractivity contribution in [1.82, 2.24) is 15.2 Å². The van der Waals surface area contributed by atoms with E-state index in [1.807, 2.05) is 0 Å². The molecule has 0 saturated carbocycles. The highest BCUT2D eigenvalue weighted by molar-refractivity contribution is 8.26. The van der Waals surface area contributed by atoms with Crippen LogP contribution in [-0.4, -0.2) is 62.0 Å². The average Bonchev–Trinajstić information content (AvgIpc) is 2.76. The number of benzene rings is 1. The highest BCUT2D eigenvalue weighted by Crippen LogP contribution is 2.22. The fourth-order valence-electron chi connectivity index (χ4n) is 3.60. The molecule has 2 atom stereocenters. The third-order valence-electron chi connectivity index (χ3n) is 5.26. The molecule has 1 aromatic heterocycles. The van der Waals surface area contributed by atoms with Gasteiger partial charge in [0.15, 0.2) is 11.4 Å². The number of aromatic nitrogens is 1. The topological polar surface area (TPSA) is 153 Å². The zero-order chi connectivity index (χ0) is 24.3. The Morgan fingerprint density at radius 2 is 2.09 bits per heavy atom. The number of hydrogen-bond donors (Lipinski definition) is 6. The fourth-order valence-corrected chi connectivity index (χ4v) is 4.33. The van der Waals surface area contributed by atoms with E-state index in [0.29, 0.717) is 37.2 Å². The number of nitrogens with one attached hydrogen (secondary N) is 4. The lowest BCUT2D eigenvalue weighted by Gasteiger charge is -2.38. The van der Waals surface area contributed by atoms with E-state index < -0.39 is 41.0 Å². The first kappa shape index (κ1) is 24.6. The maximum atomic E-state index is 13.8. The molecule has 1 aliphatic rings. The minimum Gasteiger partial charge on any atom is -0.503 e. The molecular weight excluding hydrogens is 456 g/mol. The summed E-state index contributed by atoms with van der Waals surface area (Å²) in [6.07, 6.45) is 0.427. The molecule has 2 heterocycles. The van der Waals surface area contributed by atoms with Crippen LogP contribution in [0.15, 0.2) is 29.2 Å². The highest BCUT2D eigenvalue weighted by Gasteiger charge is 2.34. The zero-order valence-corrected chi connectivity index (χ0v) is 18.4. The SMILES string of the molecule is CNC1C(O)CCCN1C(=O)c1[nH]cc(C(=N)SC(=N)Cc2ccc(F)cc2F)c(=O)c1O. The van der Waals surface area contributed by atoms with Gasteiger partial charge in [0, 0.05) is 25.2 Å². The monoisotopic (exact) mass is 479 g/mol. The van der Waals surface area contributed by atoms with Gasteiger partial charge >= 0.3 is 0 Å². The summed E-state index contributed by atoms with van der Waals surface area (Å²) in [4.78, 5) is 29.4. The number of thioether (sulfide) groups is 1. The van der Waals surface area contributed by atoms with E-state index >= 15 is 0 Å². The molecule has 3 rings (SSSR count). The Morgan fingerprint density at radius 1 is 1.36 bits per heavy atom. The maximum Gasteiger partial charge on any atom is 0.275 e. The Morgan fingerprint density at radius 3 is 2.76 bits per heavy atom. The number of carbonyl (C=O) groups excluding carboxylic acids is 1. The van der Waals surface area contributed by atoms with E-state index in [-0.39, 0.29) is 33.3 Å². The minimum atomic E-state index is -0.978. The van der Waals surface area contributed by atoms with Gasteiger partial charge in [-0.25, -0.2) is 8.78 Å². The van der Waals surface area contributed by atoms with E-state index in [9.17, 15) is 28.6 Å². The van der Waals surface area contributed by atoms with Crippen molar-refractivity contribution in [3.05, 3.63) is 63.1 Å². The number of amides is 1. The number of halogens is 2. The van der Waals surface area contributed by atoms with E-state index in [4.69, 9.17) is 10.8 Å². The van der Waals surface area contributed by atoms with Crippen molar-refractivity contribution in [3.63, 3.8) is 0 Å². The van der Waals surface area contributed by atoms with Crippen LogP contribution in [0.4, 0.5) is 8.78 Å². The molecule has 1 fully saturated rings. The number of aromatic hydroxyl groups is 1. The molecule has 1 aliphatic heterocycles. The molecule has 1 saturated heterocycles. The Labute approximate surface area is 191 Å². The molecule has 1 amide bonds. The maximum absolute atomic E-state index is 13.8. The van der Waals surface area contributed by atoms with Crippen molar-refractivity contribution >= 4 is 27.8 Å². The molecule has 9 nitrogen and oxygen atoms in total. The smallest absolute Gasteiger partial charge is 0.275 e. The van der Waals surface area contributed by atoms with Gasteiger partial charge in [0.1, 0.15) is 22.8 Å². The van der Waals surface area contributed by atoms with Crippen LogP contribution in [0.1, 0.15) is 34.5 Å². The van der Waals surface area contributed by atoms with Gasteiger partial charge in [0.2, 0.25) is 5.43 Å². The molecule has 6 N–H and O–H groups in total. The average molecular weight is 480 g/mol. The first-order valence-electron chi connectivity index (χ1n) is 10.0. The predicted octanol–water partition coefficient (Wildman–Crippen LogP) is 1.78. The van der Waals surface area contributed by atoms with Crippen LogP contribution in [-0.2, 0) is 6.42 Å². The number of piperidine rings is 1. The molecule has 12 heteroatoms. The quantitative estimate of drug-likeness (QED) is 0.284. The second-order valence-corrected chi connectivity index (χ2v) is 8.57. The van der Waals surface area contributed by atoms with Crippen molar-refractivity contribution in [1.29, 1.82) is 10.8 Å². The number of pyridine rings is 1. The van der Waals surface area contributed by atoms with Gasteiger partial charge in [-0.3, -0.25) is 25.7 Å². The van der Waals surface area contributed by atoms with Gasteiger partial charge < -0.3 is 20.1 Å². The molecular formula is C21H23F2N5O4S. The second-order valence-electron chi connectivity index (χ2n) is 7.46. The number of rotatable bonds is 5. The number of hydrogen-bond acceptors (Lipinski definition) is 8. The molecule has 2 aromatic rings. The van der Waals surface area contributed by atoms with Gasteiger partial charge in [-0.2, -0.15) is 0 Å². The van der Waals surface area contributed by atoms with Gasteiger partial charge in [0.25, 0.3) is 5.91 Å². The van der Waals surface area contributed by atoms with Crippen molar-refractivity contribution in [2.45, 2.75) is 31.5 Å². The van der Waals surface area contributed by atoms with E-state index in [2.05, 4.69) is 10.3 Å². The Kier molecular flexibility index (Phi) is 7.61. The van der Waals surface area contributed by atoms with Gasteiger partial charge in [0.05, 0.1) is 16.7 Å². The lowest BCUT2D eigenvalue weighted by molar-refractivity contribution is 0.00154. The zero-order valence-electron chi connectivity index (χ0n) is 17.6. The number of likely N-dealkylation sites (tertiary alicyclic amines) is 1. The Balaban J connectivity index is 1.76. The molecule has 2 unspecified atom stereocenters. The summed E-state index contributed by atoms with van der Waals surface area (Å²) < 4.78 is 26.8. The molecule has 0 aliphatic carbocycles. The normalized spacial score (nSPS) is 18.2. The largest absolute Gasteiger partial charge is 0.503 e. The van der Waals surface area contributed by atoms with Crippen LogP contribution < -0.4 is 10.7 Å². The number of H-pyrrole nitrogens is 1. The summed E-state index contributed by atoms with van der Waals surface area (Å²) in [5, 5.41) is 38.8. The Bertz CT molecular complexity index is 1160. The van der Waals surface area contributed by atoms with Crippen LogP contribution in [0.3, 0.4) is 0 Å². The lowest BCUT2D eigenvalue weighted by atomic mass is 10.0. The van der Waals surface area contributed by atoms with E-state index in [1.54, 1.807) is 7.05 Å². The highest BCUT2D eigenvalue weighted by atomic mass is 32.2. The van der Waals surface area contributed by atoms with Crippen molar-refractivity contribution in [2.75, 3.05) is 13.6 Å². The number of nitrogens with zero attached hydrogens (tertiary/aromatic N) is 1. The van der Waals surface area contributed by atoms with E-state index in [1.165, 1.54) is 11.0 Å². The Hall–Kier alpha value is -3.09. The van der Waals surface area contributed by atoms with Gasteiger partial charge in [-0.05, 0) is 31.5 Å². The summed E-state index contributed by atoms with van der Waals surface area (Å²) in [6, 6.07) is 2.94. The standard InChI is InChI=1S/C21H23F2N5O4S/c1-26-20-14(29)3-2-6-28(20)21(32)16-18(31)17(30)12(9-27-16)19(25)33-15(24)7-10-4-5-11(22)8-13(10)23/h4-5,8-9,14,20,24-26,29,31H,2-3,6-7H2,1H3,(H,27,30). The van der Waals surface area contributed by atoms with Crippen LogP contribution in [0.25, 0.3) is 0 Å². The van der Waals surface area contributed by atoms with Crippen molar-refractivity contribution in [2.24, 2.45) is 0 Å². The summed E-state index contributed by atoms with van der Waals surface area (Å²) >= 11 is 0.567. The van der Waals surface area contributed by atoms with E-state index in [0.717, 1.165) is 12.3 Å². The predicted molar refractivity (Wildman–Crippen MR) is 120 cm³/mol. The lowest BCUT2D eigenvalue weighted by Crippen LogP contribution is -2.57. The first-order valence-corrected chi connectivity index (χ1v) is 10.8. The van der Waals surface area contributed by atoms with Crippen molar-refractivity contribution < 1.29 is 23.8 Å². The number of likely N-dealkylation sites (N-methyl/N-ethyl adjacent to an activating group) is 1. The van der Waals surface area contributed by atoms with Gasteiger partial charge in [-0.1, -0.05) is 17.8 Å². The van der Waals surface area contributed by atoms with Crippen molar-refractivity contribution in [3.8, 4) is 5.75 Å². The first-order chi connectivity index (χ1) is 15.6. The van der Waals surface area contributed by atoms with Crippen LogP contribution in [0.2, 0.25) is 0 Å². The number of aliphatic hydroxyl groups excluding tert-OH is 1. The molecule has 33 heavy (non-hydrogen) atoms. The van der Waals surface area contributed by atoms with Crippen LogP contribution in [0.5, 0.6) is 5.75 Å². The minimum absolute atomic E-state index is 0.0576. The third kappa shape index (κ3) is 5.29. The molecule has 176 valence electrons. The molecule has 1 aromatic carbocycles. The summed E-state index contributed by atoms with van der Waals surface area (Å²) in [6.45, 7) is 0.313. The number of aliphatic hydroxyl groups is 1. The summed E-state index contributed by atoms with van der Waals surface area (Å²) in [5.74, 6) is -3.14. The van der Waals surface area contributed by atoms with Gasteiger partial charge in [-0.15, -0.1) is 0 Å².